The first-order valence-corrected chi connectivity index (χ1v) is 8.75. The zero-order valence-corrected chi connectivity index (χ0v) is 14.3. The average molecular weight is 295 g/mol. The summed E-state index contributed by atoms with van der Waals surface area (Å²) in [5.41, 5.74) is 1.80. The molecule has 0 spiro atoms. The van der Waals surface area contributed by atoms with Crippen molar-refractivity contribution in [2.75, 3.05) is 25.0 Å². The molecule has 0 saturated carbocycles. The molecule has 0 aromatic carbocycles. The van der Waals surface area contributed by atoms with Gasteiger partial charge in [0.25, 0.3) is 0 Å². The highest BCUT2D eigenvalue weighted by Gasteiger charge is 2.25. The Balaban J connectivity index is 2.13. The molecule has 1 saturated heterocycles. The number of hydrogen-bond acceptors (Lipinski definition) is 4. The summed E-state index contributed by atoms with van der Waals surface area (Å²) in [6, 6.07) is 0. The van der Waals surface area contributed by atoms with Crippen molar-refractivity contribution in [2.45, 2.75) is 59.4 Å². The SMILES string of the molecule is CCCc1nc(N2CCCC(C)(C)CC2)sc1CNC. The molecule has 3 nitrogen and oxygen atoms in total. The summed E-state index contributed by atoms with van der Waals surface area (Å²) in [7, 11) is 2.02. The molecule has 0 aliphatic carbocycles. The Morgan fingerprint density at radius 3 is 2.80 bits per heavy atom. The maximum Gasteiger partial charge on any atom is 0.185 e. The molecule has 1 fully saturated rings. The fourth-order valence-electron chi connectivity index (χ4n) is 2.85. The van der Waals surface area contributed by atoms with Crippen molar-refractivity contribution in [3.05, 3.63) is 10.6 Å². The molecule has 2 heterocycles. The molecule has 1 aliphatic heterocycles. The van der Waals surface area contributed by atoms with Crippen LogP contribution in [0.15, 0.2) is 0 Å². The van der Waals surface area contributed by atoms with E-state index in [4.69, 9.17) is 4.98 Å². The van der Waals surface area contributed by atoms with Crippen LogP contribution in [0, 0.1) is 5.41 Å². The molecule has 1 aromatic rings. The molecule has 114 valence electrons. The maximum atomic E-state index is 4.94. The van der Waals surface area contributed by atoms with Crippen LogP contribution in [0.5, 0.6) is 0 Å². The van der Waals surface area contributed by atoms with Crippen LogP contribution in [0.25, 0.3) is 0 Å². The lowest BCUT2D eigenvalue weighted by Crippen LogP contribution is -2.24. The third-order valence-electron chi connectivity index (χ3n) is 4.20. The zero-order valence-electron chi connectivity index (χ0n) is 13.5. The molecule has 4 heteroatoms. The minimum absolute atomic E-state index is 0.492. The van der Waals surface area contributed by atoms with Crippen LogP contribution in [0.3, 0.4) is 0 Å². The van der Waals surface area contributed by atoms with Gasteiger partial charge in [-0.1, -0.05) is 27.2 Å². The van der Waals surface area contributed by atoms with Crippen LogP contribution in [0.4, 0.5) is 5.13 Å². The Morgan fingerprint density at radius 2 is 2.10 bits per heavy atom. The molecule has 0 radical (unpaired) electrons. The minimum atomic E-state index is 0.492. The highest BCUT2D eigenvalue weighted by molar-refractivity contribution is 7.15. The van der Waals surface area contributed by atoms with E-state index in [1.807, 2.05) is 18.4 Å². The Hall–Kier alpha value is -0.610. The zero-order chi connectivity index (χ0) is 14.6. The fraction of sp³-hybridized carbons (Fsp3) is 0.812. The van der Waals surface area contributed by atoms with Gasteiger partial charge in [0.2, 0.25) is 0 Å². The van der Waals surface area contributed by atoms with Gasteiger partial charge in [-0.25, -0.2) is 4.98 Å². The molecular weight excluding hydrogens is 266 g/mol. The lowest BCUT2D eigenvalue weighted by Gasteiger charge is -2.22. The van der Waals surface area contributed by atoms with Gasteiger partial charge in [-0.2, -0.15) is 0 Å². The molecule has 20 heavy (non-hydrogen) atoms. The van der Waals surface area contributed by atoms with Gasteiger partial charge >= 0.3 is 0 Å². The lowest BCUT2D eigenvalue weighted by molar-refractivity contribution is 0.325. The summed E-state index contributed by atoms with van der Waals surface area (Å²) in [4.78, 5) is 8.87. The number of nitrogens with one attached hydrogen (secondary N) is 1. The highest BCUT2D eigenvalue weighted by atomic mass is 32.1. The quantitative estimate of drug-likeness (QED) is 0.895. The van der Waals surface area contributed by atoms with E-state index < -0.39 is 0 Å². The van der Waals surface area contributed by atoms with Crippen molar-refractivity contribution >= 4 is 16.5 Å². The van der Waals surface area contributed by atoms with Crippen LogP contribution in [0.2, 0.25) is 0 Å². The van der Waals surface area contributed by atoms with Gasteiger partial charge < -0.3 is 10.2 Å². The Morgan fingerprint density at radius 1 is 1.30 bits per heavy atom. The van der Waals surface area contributed by atoms with Crippen LogP contribution in [0.1, 0.15) is 57.0 Å². The van der Waals surface area contributed by atoms with Crippen molar-refractivity contribution in [3.63, 3.8) is 0 Å². The minimum Gasteiger partial charge on any atom is -0.348 e. The van der Waals surface area contributed by atoms with E-state index in [1.165, 1.54) is 47.9 Å². The first kappa shape index (κ1) is 15.8. The number of thiazole rings is 1. The van der Waals surface area contributed by atoms with Gasteiger partial charge in [0, 0.05) is 24.5 Å². The summed E-state index contributed by atoms with van der Waals surface area (Å²) < 4.78 is 0. The monoisotopic (exact) mass is 295 g/mol. The molecule has 1 N–H and O–H groups in total. The first-order valence-electron chi connectivity index (χ1n) is 7.94. The van der Waals surface area contributed by atoms with Crippen molar-refractivity contribution in [1.29, 1.82) is 0 Å². The smallest absolute Gasteiger partial charge is 0.185 e. The molecule has 0 unspecified atom stereocenters. The van der Waals surface area contributed by atoms with Gasteiger partial charge in [-0.15, -0.1) is 11.3 Å². The van der Waals surface area contributed by atoms with Crippen LogP contribution in [-0.2, 0) is 13.0 Å². The van der Waals surface area contributed by atoms with E-state index in [9.17, 15) is 0 Å². The second kappa shape index (κ2) is 6.90. The highest BCUT2D eigenvalue weighted by Crippen LogP contribution is 2.34. The third kappa shape index (κ3) is 3.95. The summed E-state index contributed by atoms with van der Waals surface area (Å²) in [5.74, 6) is 0. The van der Waals surface area contributed by atoms with Gasteiger partial charge in [0.05, 0.1) is 5.69 Å². The van der Waals surface area contributed by atoms with E-state index in [1.54, 1.807) is 0 Å². The molecular formula is C16H29N3S. The summed E-state index contributed by atoms with van der Waals surface area (Å²) >= 11 is 1.89. The van der Waals surface area contributed by atoms with Gasteiger partial charge in [-0.05, 0) is 38.1 Å². The molecule has 1 aliphatic rings. The van der Waals surface area contributed by atoms with E-state index in [0.29, 0.717) is 5.41 Å². The van der Waals surface area contributed by atoms with E-state index in [2.05, 4.69) is 31.0 Å². The molecule has 2 rings (SSSR count). The predicted molar refractivity (Wildman–Crippen MR) is 88.7 cm³/mol. The van der Waals surface area contributed by atoms with Crippen LogP contribution >= 0.6 is 11.3 Å². The number of aromatic nitrogens is 1. The van der Waals surface area contributed by atoms with Crippen LogP contribution < -0.4 is 10.2 Å². The van der Waals surface area contributed by atoms with Crippen molar-refractivity contribution in [1.82, 2.24) is 10.3 Å². The Kier molecular flexibility index (Phi) is 5.44. The van der Waals surface area contributed by atoms with E-state index in [0.717, 1.165) is 19.5 Å². The normalized spacial score (nSPS) is 19.1. The Labute approximate surface area is 127 Å². The summed E-state index contributed by atoms with van der Waals surface area (Å²) in [6.07, 6.45) is 6.17. The largest absolute Gasteiger partial charge is 0.348 e. The number of nitrogens with zero attached hydrogens (tertiary/aromatic N) is 2. The molecule has 0 amide bonds. The predicted octanol–water partition coefficient (Wildman–Crippen LogP) is 3.83. The number of anilines is 1. The third-order valence-corrected chi connectivity index (χ3v) is 5.36. The fourth-order valence-corrected chi connectivity index (χ4v) is 4.02. The van der Waals surface area contributed by atoms with Crippen molar-refractivity contribution in [3.8, 4) is 0 Å². The standard InChI is InChI=1S/C16H29N3S/c1-5-7-13-14(12-17-4)20-15(18-13)19-10-6-8-16(2,3)9-11-19/h17H,5-12H2,1-4H3. The van der Waals surface area contributed by atoms with Crippen molar-refractivity contribution < 1.29 is 0 Å². The van der Waals surface area contributed by atoms with Gasteiger partial charge in [0.15, 0.2) is 5.13 Å². The van der Waals surface area contributed by atoms with Gasteiger partial charge in [-0.3, -0.25) is 0 Å². The van der Waals surface area contributed by atoms with Crippen molar-refractivity contribution in [2.24, 2.45) is 5.41 Å². The number of rotatable bonds is 5. The lowest BCUT2D eigenvalue weighted by atomic mass is 9.85. The van der Waals surface area contributed by atoms with Crippen LogP contribution in [-0.4, -0.2) is 25.1 Å². The second-order valence-corrected chi connectivity index (χ2v) is 7.71. The second-order valence-electron chi connectivity index (χ2n) is 6.65. The maximum absolute atomic E-state index is 4.94. The molecule has 0 bridgehead atoms. The van der Waals surface area contributed by atoms with E-state index >= 15 is 0 Å². The number of aryl methyl sites for hydroxylation is 1. The number of hydrogen-bond donors (Lipinski definition) is 1. The first-order chi connectivity index (χ1) is 9.55. The molecule has 0 atom stereocenters. The molecule has 1 aromatic heterocycles. The van der Waals surface area contributed by atoms with Gasteiger partial charge in [0.1, 0.15) is 0 Å². The summed E-state index contributed by atoms with van der Waals surface area (Å²) in [6.45, 7) is 10.3. The summed E-state index contributed by atoms with van der Waals surface area (Å²) in [5, 5.41) is 4.52. The van der Waals surface area contributed by atoms with E-state index in [-0.39, 0.29) is 0 Å². The average Bonchev–Trinajstić information content (AvgIpc) is 2.68. The topological polar surface area (TPSA) is 28.2 Å². The Bertz CT molecular complexity index is 402.